The average molecular weight is 243 g/mol. The second-order valence-electron chi connectivity index (χ2n) is 3.98. The van der Waals surface area contributed by atoms with Gasteiger partial charge in [0.1, 0.15) is 11.6 Å². The summed E-state index contributed by atoms with van der Waals surface area (Å²) in [6, 6.07) is 13.7. The molecule has 0 amide bonds. The monoisotopic (exact) mass is 243 g/mol. The van der Waals surface area contributed by atoms with Crippen molar-refractivity contribution >= 4 is 5.82 Å². The summed E-state index contributed by atoms with van der Waals surface area (Å²) in [4.78, 5) is 4.22. The molecule has 0 saturated carbocycles. The zero-order chi connectivity index (χ0) is 12.8. The molecule has 4 nitrogen and oxygen atoms in total. The predicted molar refractivity (Wildman–Crippen MR) is 72.6 cm³/mol. The van der Waals surface area contributed by atoms with Crippen LogP contribution in [0, 0.1) is 0 Å². The number of hydrogen-bond donors (Lipinski definition) is 2. The van der Waals surface area contributed by atoms with Crippen LogP contribution in [-0.2, 0) is 0 Å². The first kappa shape index (κ1) is 12.4. The Bertz CT molecular complexity index is 470. The fourth-order valence-corrected chi connectivity index (χ4v) is 1.64. The number of anilines is 1. The average Bonchev–Trinajstić information content (AvgIpc) is 2.46. The van der Waals surface area contributed by atoms with E-state index in [1.807, 2.05) is 42.5 Å². The van der Waals surface area contributed by atoms with E-state index in [9.17, 15) is 0 Å². The number of benzene rings is 1. The number of pyridine rings is 1. The van der Waals surface area contributed by atoms with E-state index in [0.29, 0.717) is 6.54 Å². The number of aromatic nitrogens is 1. The van der Waals surface area contributed by atoms with Crippen LogP contribution in [0.1, 0.15) is 11.6 Å². The molecule has 1 heterocycles. The van der Waals surface area contributed by atoms with Crippen LogP contribution in [-0.4, -0.2) is 18.6 Å². The van der Waals surface area contributed by atoms with E-state index in [1.165, 1.54) is 0 Å². The highest BCUT2D eigenvalue weighted by Gasteiger charge is 2.05. The van der Waals surface area contributed by atoms with Gasteiger partial charge in [0.25, 0.3) is 0 Å². The Kier molecular flexibility index (Phi) is 4.15. The molecule has 4 heteroatoms. The Hall–Kier alpha value is -2.07. The lowest BCUT2D eigenvalue weighted by molar-refractivity contribution is 0.413. The van der Waals surface area contributed by atoms with E-state index < -0.39 is 0 Å². The van der Waals surface area contributed by atoms with Crippen LogP contribution in [0.3, 0.4) is 0 Å². The van der Waals surface area contributed by atoms with Gasteiger partial charge in [0.05, 0.1) is 13.3 Å². The highest BCUT2D eigenvalue weighted by Crippen LogP contribution is 2.13. The second kappa shape index (κ2) is 6.02. The molecule has 3 N–H and O–H groups in total. The van der Waals surface area contributed by atoms with Crippen molar-refractivity contribution < 1.29 is 4.74 Å². The lowest BCUT2D eigenvalue weighted by Crippen LogP contribution is -2.20. The van der Waals surface area contributed by atoms with Gasteiger partial charge in [0, 0.05) is 12.6 Å². The lowest BCUT2D eigenvalue weighted by atomic mass is 10.1. The topological polar surface area (TPSA) is 60.2 Å². The normalized spacial score (nSPS) is 11.9. The molecule has 18 heavy (non-hydrogen) atoms. The highest BCUT2D eigenvalue weighted by atomic mass is 16.5. The number of hydrogen-bond acceptors (Lipinski definition) is 4. The summed E-state index contributed by atoms with van der Waals surface area (Å²) in [6.07, 6.45) is 1.68. The minimum atomic E-state index is -0.0462. The molecule has 1 unspecified atom stereocenters. The lowest BCUT2D eigenvalue weighted by Gasteiger charge is -2.13. The van der Waals surface area contributed by atoms with Gasteiger partial charge in [-0.3, -0.25) is 0 Å². The van der Waals surface area contributed by atoms with Crippen molar-refractivity contribution in [2.45, 2.75) is 6.04 Å². The zero-order valence-electron chi connectivity index (χ0n) is 10.3. The fraction of sp³-hybridized carbons (Fsp3) is 0.214. The van der Waals surface area contributed by atoms with Crippen LogP contribution in [0.15, 0.2) is 48.7 Å². The summed E-state index contributed by atoms with van der Waals surface area (Å²) in [5.74, 6) is 1.54. The number of nitrogens with one attached hydrogen (secondary N) is 1. The molecule has 2 aromatic rings. The first-order chi connectivity index (χ1) is 8.79. The summed E-state index contributed by atoms with van der Waals surface area (Å²) in [6.45, 7) is 0.642. The maximum absolute atomic E-state index is 6.08. The molecule has 94 valence electrons. The number of methoxy groups -OCH3 is 1. The van der Waals surface area contributed by atoms with Gasteiger partial charge in [-0.2, -0.15) is 0 Å². The van der Waals surface area contributed by atoms with E-state index in [-0.39, 0.29) is 6.04 Å². The number of ether oxygens (including phenoxy) is 1. The van der Waals surface area contributed by atoms with Crippen LogP contribution < -0.4 is 15.8 Å². The SMILES string of the molecule is COc1ccc(NCC(N)c2ccccc2)nc1. The van der Waals surface area contributed by atoms with Crippen molar-refractivity contribution in [3.8, 4) is 5.75 Å². The molecule has 0 aliphatic rings. The predicted octanol–water partition coefficient (Wildman–Crippen LogP) is 2.20. The number of rotatable bonds is 5. The van der Waals surface area contributed by atoms with Gasteiger partial charge in [-0.15, -0.1) is 0 Å². The first-order valence-corrected chi connectivity index (χ1v) is 5.84. The van der Waals surface area contributed by atoms with Gasteiger partial charge in [-0.25, -0.2) is 4.98 Å². The van der Waals surface area contributed by atoms with Crippen molar-refractivity contribution in [2.75, 3.05) is 19.0 Å². The molecule has 0 aliphatic heterocycles. The molecule has 0 bridgehead atoms. The van der Waals surface area contributed by atoms with Crippen LogP contribution >= 0.6 is 0 Å². The molecule has 0 saturated heterocycles. The van der Waals surface area contributed by atoms with Gasteiger partial charge in [-0.1, -0.05) is 30.3 Å². The Morgan fingerprint density at radius 3 is 2.61 bits per heavy atom. The van der Waals surface area contributed by atoms with Gasteiger partial charge in [0.15, 0.2) is 0 Å². The summed E-state index contributed by atoms with van der Waals surface area (Å²) >= 11 is 0. The molecule has 2 rings (SSSR count). The molecule has 0 radical (unpaired) electrons. The summed E-state index contributed by atoms with van der Waals surface area (Å²) in [5.41, 5.74) is 7.19. The van der Waals surface area contributed by atoms with Crippen LogP contribution in [0.4, 0.5) is 5.82 Å². The molecule has 0 aliphatic carbocycles. The number of nitrogens with two attached hydrogens (primary N) is 1. The van der Waals surface area contributed by atoms with Crippen LogP contribution in [0.2, 0.25) is 0 Å². The molecular weight excluding hydrogens is 226 g/mol. The van der Waals surface area contributed by atoms with Crippen molar-refractivity contribution in [1.29, 1.82) is 0 Å². The van der Waals surface area contributed by atoms with E-state index >= 15 is 0 Å². The third kappa shape index (κ3) is 3.21. The minimum absolute atomic E-state index is 0.0462. The van der Waals surface area contributed by atoms with Crippen molar-refractivity contribution in [1.82, 2.24) is 4.98 Å². The Morgan fingerprint density at radius 2 is 2.00 bits per heavy atom. The molecule has 1 aromatic heterocycles. The Morgan fingerprint density at radius 1 is 1.22 bits per heavy atom. The molecule has 1 atom stereocenters. The number of nitrogens with zero attached hydrogens (tertiary/aromatic N) is 1. The van der Waals surface area contributed by atoms with Gasteiger partial charge in [0.2, 0.25) is 0 Å². The summed E-state index contributed by atoms with van der Waals surface area (Å²) < 4.78 is 5.05. The van der Waals surface area contributed by atoms with Crippen molar-refractivity contribution in [3.63, 3.8) is 0 Å². The quantitative estimate of drug-likeness (QED) is 0.845. The molecule has 0 fully saturated rings. The highest BCUT2D eigenvalue weighted by molar-refractivity contribution is 5.38. The van der Waals surface area contributed by atoms with Gasteiger partial charge in [-0.05, 0) is 17.7 Å². The third-order valence-electron chi connectivity index (χ3n) is 2.70. The fourth-order valence-electron chi connectivity index (χ4n) is 1.64. The Balaban J connectivity index is 1.91. The van der Waals surface area contributed by atoms with Gasteiger partial charge >= 0.3 is 0 Å². The largest absolute Gasteiger partial charge is 0.495 e. The standard InChI is InChI=1S/C14H17N3O/c1-18-12-7-8-14(16-9-12)17-10-13(15)11-5-3-2-4-6-11/h2-9,13H,10,15H2,1H3,(H,16,17). The van der Waals surface area contributed by atoms with E-state index in [2.05, 4.69) is 10.3 Å². The summed E-state index contributed by atoms with van der Waals surface area (Å²) in [7, 11) is 1.62. The first-order valence-electron chi connectivity index (χ1n) is 5.84. The van der Waals surface area contributed by atoms with Crippen molar-refractivity contribution in [3.05, 3.63) is 54.2 Å². The van der Waals surface area contributed by atoms with Crippen LogP contribution in [0.25, 0.3) is 0 Å². The summed E-state index contributed by atoms with van der Waals surface area (Å²) in [5, 5.41) is 3.20. The third-order valence-corrected chi connectivity index (χ3v) is 2.70. The van der Waals surface area contributed by atoms with E-state index in [4.69, 9.17) is 10.5 Å². The maximum atomic E-state index is 6.08. The second-order valence-corrected chi connectivity index (χ2v) is 3.98. The van der Waals surface area contributed by atoms with Crippen molar-refractivity contribution in [2.24, 2.45) is 5.73 Å². The molecule has 0 spiro atoms. The van der Waals surface area contributed by atoms with Crippen LogP contribution in [0.5, 0.6) is 5.75 Å². The maximum Gasteiger partial charge on any atom is 0.137 e. The van der Waals surface area contributed by atoms with E-state index in [1.54, 1.807) is 13.3 Å². The smallest absolute Gasteiger partial charge is 0.137 e. The minimum Gasteiger partial charge on any atom is -0.495 e. The molecule has 1 aromatic carbocycles. The Labute approximate surface area is 107 Å². The zero-order valence-corrected chi connectivity index (χ0v) is 10.3. The molecular formula is C14H17N3O. The van der Waals surface area contributed by atoms with Gasteiger partial charge < -0.3 is 15.8 Å². The van der Waals surface area contributed by atoms with E-state index in [0.717, 1.165) is 17.1 Å².